The molecular weight excluding hydrogens is 180 g/mol. The van der Waals surface area contributed by atoms with Crippen LogP contribution in [0.5, 0.6) is 17.2 Å². The fraction of sp³-hybridized carbons (Fsp3) is 0.455. The molecule has 0 heterocycles. The Hall–Kier alpha value is -1.38. The predicted molar refractivity (Wildman–Crippen MR) is 54.8 cm³/mol. The van der Waals surface area contributed by atoms with Crippen LogP contribution in [0.3, 0.4) is 0 Å². The minimum absolute atomic E-state index is 0.0488. The van der Waals surface area contributed by atoms with Crippen molar-refractivity contribution in [3.63, 3.8) is 0 Å². The fourth-order valence-electron chi connectivity index (χ4n) is 1.29. The van der Waals surface area contributed by atoms with Crippen LogP contribution in [0.1, 0.15) is 26.7 Å². The van der Waals surface area contributed by atoms with Crippen LogP contribution < -0.4 is 4.74 Å². The first kappa shape index (κ1) is 10.7. The van der Waals surface area contributed by atoms with Crippen molar-refractivity contribution in [3.05, 3.63) is 18.2 Å². The van der Waals surface area contributed by atoms with Gasteiger partial charge in [0.2, 0.25) is 5.75 Å². The molecular formula is C11H16O3. The van der Waals surface area contributed by atoms with E-state index >= 15 is 0 Å². The third-order valence-electron chi connectivity index (χ3n) is 2.00. The summed E-state index contributed by atoms with van der Waals surface area (Å²) in [5.41, 5.74) is 0. The number of phenols is 2. The molecule has 1 aromatic rings. The van der Waals surface area contributed by atoms with Crippen molar-refractivity contribution in [1.29, 1.82) is 0 Å². The molecule has 0 radical (unpaired) electrons. The molecule has 1 rings (SSSR count). The minimum Gasteiger partial charge on any atom is -0.504 e. The van der Waals surface area contributed by atoms with E-state index in [2.05, 4.69) is 6.92 Å². The van der Waals surface area contributed by atoms with Crippen LogP contribution in [0.15, 0.2) is 18.2 Å². The summed E-state index contributed by atoms with van der Waals surface area (Å²) in [5.74, 6) is 0.00704. The number of phenolic OH excluding ortho intramolecular Hbond substituents is 2. The van der Waals surface area contributed by atoms with Crippen molar-refractivity contribution < 1.29 is 14.9 Å². The monoisotopic (exact) mass is 196 g/mol. The Labute approximate surface area is 84.0 Å². The van der Waals surface area contributed by atoms with Gasteiger partial charge in [-0.25, -0.2) is 0 Å². The van der Waals surface area contributed by atoms with Gasteiger partial charge in [0.1, 0.15) is 0 Å². The molecule has 1 atom stereocenters. The molecule has 14 heavy (non-hydrogen) atoms. The summed E-state index contributed by atoms with van der Waals surface area (Å²) in [6.07, 6.45) is 2.00. The molecule has 0 bridgehead atoms. The van der Waals surface area contributed by atoms with Gasteiger partial charge in [-0.3, -0.25) is 0 Å². The van der Waals surface area contributed by atoms with E-state index in [1.807, 2.05) is 6.92 Å². The van der Waals surface area contributed by atoms with Crippen LogP contribution in [-0.2, 0) is 0 Å². The molecule has 0 spiro atoms. The SMILES string of the molecule is CCCC(C)Oc1cccc(O)c1O. The first-order valence-corrected chi connectivity index (χ1v) is 4.82. The van der Waals surface area contributed by atoms with E-state index < -0.39 is 0 Å². The quantitative estimate of drug-likeness (QED) is 0.728. The summed E-state index contributed by atoms with van der Waals surface area (Å²) in [4.78, 5) is 0. The van der Waals surface area contributed by atoms with Gasteiger partial charge in [-0.1, -0.05) is 19.4 Å². The number of rotatable bonds is 4. The summed E-state index contributed by atoms with van der Waals surface area (Å²) in [7, 11) is 0. The van der Waals surface area contributed by atoms with Crippen molar-refractivity contribution >= 4 is 0 Å². The molecule has 0 aliphatic carbocycles. The molecule has 0 saturated carbocycles. The smallest absolute Gasteiger partial charge is 0.200 e. The lowest BCUT2D eigenvalue weighted by Gasteiger charge is -2.14. The van der Waals surface area contributed by atoms with Gasteiger partial charge >= 0.3 is 0 Å². The van der Waals surface area contributed by atoms with Crippen molar-refractivity contribution in [3.8, 4) is 17.2 Å². The van der Waals surface area contributed by atoms with Crippen molar-refractivity contribution in [2.75, 3.05) is 0 Å². The number of ether oxygens (including phenoxy) is 1. The van der Waals surface area contributed by atoms with E-state index in [0.717, 1.165) is 12.8 Å². The molecule has 3 heteroatoms. The Morgan fingerprint density at radius 1 is 1.36 bits per heavy atom. The second kappa shape index (κ2) is 4.74. The lowest BCUT2D eigenvalue weighted by Crippen LogP contribution is -2.10. The fourth-order valence-corrected chi connectivity index (χ4v) is 1.29. The topological polar surface area (TPSA) is 49.7 Å². The zero-order valence-corrected chi connectivity index (χ0v) is 8.53. The maximum absolute atomic E-state index is 9.44. The second-order valence-corrected chi connectivity index (χ2v) is 3.34. The molecule has 1 unspecified atom stereocenters. The average molecular weight is 196 g/mol. The Bertz CT molecular complexity index is 297. The van der Waals surface area contributed by atoms with Crippen LogP contribution in [0.4, 0.5) is 0 Å². The first-order chi connectivity index (χ1) is 6.65. The van der Waals surface area contributed by atoms with Crippen molar-refractivity contribution in [1.82, 2.24) is 0 Å². The summed E-state index contributed by atoms with van der Waals surface area (Å²) in [6, 6.07) is 4.71. The highest BCUT2D eigenvalue weighted by molar-refractivity contribution is 5.48. The third kappa shape index (κ3) is 2.55. The van der Waals surface area contributed by atoms with Gasteiger partial charge in [-0.05, 0) is 25.5 Å². The average Bonchev–Trinajstić information content (AvgIpc) is 2.13. The van der Waals surface area contributed by atoms with Gasteiger partial charge in [-0.2, -0.15) is 0 Å². The van der Waals surface area contributed by atoms with Crippen LogP contribution in [0.2, 0.25) is 0 Å². The third-order valence-corrected chi connectivity index (χ3v) is 2.00. The van der Waals surface area contributed by atoms with E-state index in [-0.39, 0.29) is 17.6 Å². The highest BCUT2D eigenvalue weighted by Crippen LogP contribution is 2.35. The molecule has 0 amide bonds. The maximum Gasteiger partial charge on any atom is 0.200 e. The van der Waals surface area contributed by atoms with Gasteiger partial charge in [0.05, 0.1) is 6.10 Å². The van der Waals surface area contributed by atoms with Gasteiger partial charge in [0, 0.05) is 0 Å². The zero-order valence-electron chi connectivity index (χ0n) is 8.53. The Balaban J connectivity index is 2.71. The van der Waals surface area contributed by atoms with Crippen molar-refractivity contribution in [2.45, 2.75) is 32.8 Å². The molecule has 1 aromatic carbocycles. The highest BCUT2D eigenvalue weighted by Gasteiger charge is 2.09. The normalized spacial score (nSPS) is 12.4. The Morgan fingerprint density at radius 2 is 2.07 bits per heavy atom. The van der Waals surface area contributed by atoms with Crippen LogP contribution in [0.25, 0.3) is 0 Å². The standard InChI is InChI=1S/C11H16O3/c1-3-5-8(2)14-10-7-4-6-9(12)11(10)13/h4,6-8,12-13H,3,5H2,1-2H3. The van der Waals surface area contributed by atoms with E-state index in [1.165, 1.54) is 6.07 Å². The van der Waals surface area contributed by atoms with Gasteiger partial charge in [0.15, 0.2) is 11.5 Å². The summed E-state index contributed by atoms with van der Waals surface area (Å²) in [5, 5.41) is 18.7. The number of para-hydroxylation sites is 1. The van der Waals surface area contributed by atoms with Gasteiger partial charge < -0.3 is 14.9 Å². The maximum atomic E-state index is 9.44. The first-order valence-electron chi connectivity index (χ1n) is 4.82. The van der Waals surface area contributed by atoms with E-state index in [4.69, 9.17) is 4.74 Å². The van der Waals surface area contributed by atoms with Gasteiger partial charge in [0.25, 0.3) is 0 Å². The molecule has 0 aromatic heterocycles. The molecule has 0 aliphatic heterocycles. The van der Waals surface area contributed by atoms with Crippen LogP contribution in [0, 0.1) is 0 Å². The van der Waals surface area contributed by atoms with Crippen molar-refractivity contribution in [2.24, 2.45) is 0 Å². The van der Waals surface area contributed by atoms with E-state index in [0.29, 0.717) is 5.75 Å². The summed E-state index contributed by atoms with van der Waals surface area (Å²) >= 11 is 0. The molecule has 0 saturated heterocycles. The lowest BCUT2D eigenvalue weighted by atomic mass is 10.2. The molecule has 3 nitrogen and oxygen atoms in total. The molecule has 0 aliphatic rings. The van der Waals surface area contributed by atoms with Crippen LogP contribution in [-0.4, -0.2) is 16.3 Å². The molecule has 78 valence electrons. The summed E-state index contributed by atoms with van der Waals surface area (Å²) in [6.45, 7) is 4.01. The highest BCUT2D eigenvalue weighted by atomic mass is 16.5. The molecule has 0 fully saturated rings. The Kier molecular flexibility index (Phi) is 3.63. The van der Waals surface area contributed by atoms with E-state index in [1.54, 1.807) is 12.1 Å². The Morgan fingerprint density at radius 3 is 2.71 bits per heavy atom. The summed E-state index contributed by atoms with van der Waals surface area (Å²) < 4.78 is 5.46. The predicted octanol–water partition coefficient (Wildman–Crippen LogP) is 2.67. The van der Waals surface area contributed by atoms with E-state index in [9.17, 15) is 10.2 Å². The van der Waals surface area contributed by atoms with Gasteiger partial charge in [-0.15, -0.1) is 0 Å². The largest absolute Gasteiger partial charge is 0.504 e. The minimum atomic E-state index is -0.185. The van der Waals surface area contributed by atoms with Crippen LogP contribution >= 0.6 is 0 Å². The molecule has 2 N–H and O–H groups in total. The number of hydrogen-bond donors (Lipinski definition) is 2. The number of hydrogen-bond acceptors (Lipinski definition) is 3. The number of benzene rings is 1. The zero-order chi connectivity index (χ0) is 10.6. The lowest BCUT2D eigenvalue weighted by molar-refractivity contribution is 0.200. The second-order valence-electron chi connectivity index (χ2n) is 3.34. The number of aromatic hydroxyl groups is 2.